The van der Waals surface area contributed by atoms with Gasteiger partial charge in [0.05, 0.1) is 5.75 Å². The smallest absolute Gasteiger partial charge is 0.138 e. The predicted octanol–water partition coefficient (Wildman–Crippen LogP) is 2.87. The molecule has 0 aliphatic rings. The molecular weight excluding hydrogens is 242 g/mol. The van der Waals surface area contributed by atoms with Crippen LogP contribution in [-0.4, -0.2) is 21.8 Å². The van der Waals surface area contributed by atoms with Crippen molar-refractivity contribution in [2.75, 3.05) is 6.54 Å². The summed E-state index contributed by atoms with van der Waals surface area (Å²) in [7, 11) is 0. The van der Waals surface area contributed by atoms with Crippen LogP contribution >= 0.6 is 11.8 Å². The Morgan fingerprint density at radius 3 is 2.11 bits per heavy atom. The fourth-order valence-corrected chi connectivity index (χ4v) is 2.45. The van der Waals surface area contributed by atoms with E-state index in [1.54, 1.807) is 0 Å². The Morgan fingerprint density at radius 2 is 1.67 bits per heavy atom. The van der Waals surface area contributed by atoms with Crippen molar-refractivity contribution in [2.24, 2.45) is 11.7 Å². The van der Waals surface area contributed by atoms with Crippen LogP contribution in [0.1, 0.15) is 43.5 Å². The monoisotopic (exact) mass is 267 g/mol. The van der Waals surface area contributed by atoms with Gasteiger partial charge < -0.3 is 5.73 Å². The normalized spacial score (nSPS) is 13.1. The first-order valence-corrected chi connectivity index (χ1v) is 7.63. The van der Waals surface area contributed by atoms with Gasteiger partial charge in [0.2, 0.25) is 0 Å². The van der Waals surface area contributed by atoms with Gasteiger partial charge in [-0.15, -0.1) is 0 Å². The van der Waals surface area contributed by atoms with Crippen LogP contribution in [0.5, 0.6) is 0 Å². The molecule has 1 heterocycles. The summed E-state index contributed by atoms with van der Waals surface area (Å²) in [4.78, 5) is 9.24. The average molecular weight is 267 g/mol. The van der Waals surface area contributed by atoms with E-state index < -0.39 is 0 Å². The quantitative estimate of drug-likeness (QED) is 0.861. The van der Waals surface area contributed by atoms with Gasteiger partial charge in [-0.25, -0.2) is 9.97 Å². The minimum atomic E-state index is 0.488. The van der Waals surface area contributed by atoms with Crippen molar-refractivity contribution in [1.82, 2.24) is 9.97 Å². The third-order valence-electron chi connectivity index (χ3n) is 2.97. The highest BCUT2D eigenvalue weighted by molar-refractivity contribution is 7.99. The molecule has 0 aliphatic carbocycles. The Labute approximate surface area is 115 Å². The molecule has 2 N–H and O–H groups in total. The molecular formula is C14H25N3S. The van der Waals surface area contributed by atoms with Gasteiger partial charge in [0.25, 0.3) is 0 Å². The van der Waals surface area contributed by atoms with Crippen LogP contribution in [0.3, 0.4) is 0 Å². The van der Waals surface area contributed by atoms with Gasteiger partial charge in [0.15, 0.2) is 0 Å². The molecule has 0 saturated carbocycles. The number of aryl methyl sites for hydroxylation is 2. The third kappa shape index (κ3) is 4.58. The van der Waals surface area contributed by atoms with E-state index in [-0.39, 0.29) is 0 Å². The average Bonchev–Trinajstić information content (AvgIpc) is 2.30. The Balaban J connectivity index is 2.83. The first kappa shape index (κ1) is 15.4. The lowest BCUT2D eigenvalue weighted by atomic mass is 9.99. The maximum absolute atomic E-state index is 5.69. The molecule has 0 aliphatic heterocycles. The molecule has 102 valence electrons. The first-order valence-electron chi connectivity index (χ1n) is 6.58. The van der Waals surface area contributed by atoms with Crippen LogP contribution < -0.4 is 5.73 Å². The summed E-state index contributed by atoms with van der Waals surface area (Å²) in [6, 6.07) is 0. The van der Waals surface area contributed by atoms with Crippen LogP contribution in [0.2, 0.25) is 0 Å². The molecule has 3 nitrogen and oxygen atoms in total. The lowest BCUT2D eigenvalue weighted by Gasteiger charge is -2.14. The predicted molar refractivity (Wildman–Crippen MR) is 79.9 cm³/mol. The molecule has 0 amide bonds. The lowest BCUT2D eigenvalue weighted by molar-refractivity contribution is 0.585. The minimum absolute atomic E-state index is 0.488. The van der Waals surface area contributed by atoms with E-state index in [0.29, 0.717) is 17.7 Å². The highest BCUT2D eigenvalue weighted by Gasteiger charge is 2.11. The van der Waals surface area contributed by atoms with Gasteiger partial charge in [-0.05, 0) is 43.5 Å². The third-order valence-corrected chi connectivity index (χ3v) is 4.06. The fourth-order valence-electron chi connectivity index (χ4n) is 1.84. The topological polar surface area (TPSA) is 51.8 Å². The summed E-state index contributed by atoms with van der Waals surface area (Å²) < 4.78 is 0. The van der Waals surface area contributed by atoms with Crippen molar-refractivity contribution in [2.45, 2.75) is 52.0 Å². The van der Waals surface area contributed by atoms with Crippen LogP contribution in [0.25, 0.3) is 0 Å². The summed E-state index contributed by atoms with van der Waals surface area (Å²) in [5.74, 6) is 2.33. The number of hydrogen-bond donors (Lipinski definition) is 1. The zero-order valence-electron chi connectivity index (χ0n) is 12.2. The number of hydrogen-bond acceptors (Lipinski definition) is 4. The van der Waals surface area contributed by atoms with E-state index in [4.69, 9.17) is 5.73 Å². The summed E-state index contributed by atoms with van der Waals surface area (Å²) in [6.45, 7) is 11.4. The second kappa shape index (κ2) is 7.10. The molecule has 1 aromatic heterocycles. The number of nitrogens with two attached hydrogens (primary N) is 1. The molecule has 0 aromatic carbocycles. The highest BCUT2D eigenvalue weighted by atomic mass is 32.2. The van der Waals surface area contributed by atoms with Crippen LogP contribution in [0.4, 0.5) is 0 Å². The fraction of sp³-hybridized carbons (Fsp3) is 0.714. The lowest BCUT2D eigenvalue weighted by Crippen LogP contribution is -2.16. The van der Waals surface area contributed by atoms with Gasteiger partial charge in [-0.3, -0.25) is 0 Å². The van der Waals surface area contributed by atoms with Gasteiger partial charge in [-0.1, -0.05) is 20.8 Å². The molecule has 0 bridgehead atoms. The summed E-state index contributed by atoms with van der Waals surface area (Å²) in [5.41, 5.74) is 9.18. The molecule has 1 unspecified atom stereocenters. The molecule has 0 fully saturated rings. The van der Waals surface area contributed by atoms with Crippen molar-refractivity contribution in [3.63, 3.8) is 0 Å². The van der Waals surface area contributed by atoms with E-state index in [1.165, 1.54) is 5.56 Å². The second-order valence-electron chi connectivity index (χ2n) is 5.19. The molecule has 4 heteroatoms. The van der Waals surface area contributed by atoms with E-state index in [9.17, 15) is 0 Å². The Kier molecular flexibility index (Phi) is 6.09. The van der Waals surface area contributed by atoms with E-state index >= 15 is 0 Å². The maximum atomic E-state index is 5.69. The SMILES string of the molecule is Cc1nc(CSC(C)C)nc(C)c1CC(C)CN. The molecule has 0 spiro atoms. The Hall–Kier alpha value is -0.610. The van der Waals surface area contributed by atoms with E-state index in [1.807, 2.05) is 11.8 Å². The number of rotatable bonds is 6. The van der Waals surface area contributed by atoms with Gasteiger partial charge in [-0.2, -0.15) is 11.8 Å². The van der Waals surface area contributed by atoms with Crippen LogP contribution in [0, 0.1) is 19.8 Å². The molecule has 1 atom stereocenters. The Bertz CT molecular complexity index is 368. The zero-order chi connectivity index (χ0) is 13.7. The molecule has 0 saturated heterocycles. The van der Waals surface area contributed by atoms with Crippen molar-refractivity contribution in [1.29, 1.82) is 0 Å². The zero-order valence-corrected chi connectivity index (χ0v) is 13.0. The van der Waals surface area contributed by atoms with Crippen LogP contribution in [-0.2, 0) is 12.2 Å². The number of aromatic nitrogens is 2. The van der Waals surface area contributed by atoms with Crippen molar-refractivity contribution in [3.8, 4) is 0 Å². The van der Waals surface area contributed by atoms with Gasteiger partial charge >= 0.3 is 0 Å². The van der Waals surface area contributed by atoms with Crippen molar-refractivity contribution < 1.29 is 0 Å². The van der Waals surface area contributed by atoms with Gasteiger partial charge in [0.1, 0.15) is 5.82 Å². The van der Waals surface area contributed by atoms with Crippen molar-refractivity contribution in [3.05, 3.63) is 22.8 Å². The molecule has 18 heavy (non-hydrogen) atoms. The molecule has 1 rings (SSSR count). The largest absolute Gasteiger partial charge is 0.330 e. The minimum Gasteiger partial charge on any atom is -0.330 e. The summed E-state index contributed by atoms with van der Waals surface area (Å²) in [6.07, 6.45) is 0.978. The van der Waals surface area contributed by atoms with Gasteiger partial charge in [0, 0.05) is 11.4 Å². The standard InChI is InChI=1S/C14H25N3S/c1-9(2)18-8-14-16-11(4)13(12(5)17-14)6-10(3)7-15/h9-10H,6-8,15H2,1-5H3. The van der Waals surface area contributed by atoms with Crippen LogP contribution in [0.15, 0.2) is 0 Å². The highest BCUT2D eigenvalue weighted by Crippen LogP contribution is 2.19. The van der Waals surface area contributed by atoms with E-state index in [0.717, 1.165) is 29.4 Å². The van der Waals surface area contributed by atoms with E-state index in [2.05, 4.69) is 44.6 Å². The molecule has 0 radical (unpaired) electrons. The maximum Gasteiger partial charge on any atom is 0.138 e. The second-order valence-corrected chi connectivity index (χ2v) is 6.76. The number of thioether (sulfide) groups is 1. The van der Waals surface area contributed by atoms with Crippen molar-refractivity contribution >= 4 is 11.8 Å². The number of nitrogens with zero attached hydrogens (tertiary/aromatic N) is 2. The first-order chi connectivity index (χ1) is 8.43. The summed E-state index contributed by atoms with van der Waals surface area (Å²) in [5, 5.41) is 0.617. The molecule has 1 aromatic rings. The Morgan fingerprint density at radius 1 is 1.11 bits per heavy atom. The summed E-state index contributed by atoms with van der Waals surface area (Å²) >= 11 is 1.88.